The molecule has 0 aliphatic heterocycles. The first kappa shape index (κ1) is 23.0. The lowest BCUT2D eigenvalue weighted by molar-refractivity contribution is 0.163. The zero-order chi connectivity index (χ0) is 20.0. The normalized spacial score (nSPS) is 13.0. The van der Waals surface area contributed by atoms with E-state index in [2.05, 4.69) is 29.0 Å². The number of nitrogens with one attached hydrogen (secondary N) is 1. The number of hydrogen-bond donors (Lipinski definition) is 2. The van der Waals surface area contributed by atoms with Crippen LogP contribution in [-0.4, -0.2) is 21.2 Å². The minimum atomic E-state index is -0.151. The van der Waals surface area contributed by atoms with Gasteiger partial charge in [-0.15, -0.1) is 0 Å². The van der Waals surface area contributed by atoms with E-state index in [4.69, 9.17) is 11.6 Å². The zero-order valence-electron chi connectivity index (χ0n) is 17.4. The predicted octanol–water partition coefficient (Wildman–Crippen LogP) is 7.38. The van der Waals surface area contributed by atoms with Crippen LogP contribution in [0.15, 0.2) is 30.4 Å². The number of fused-ring (bicyclic) bond motifs is 1. The second-order valence-electron chi connectivity index (χ2n) is 7.86. The summed E-state index contributed by atoms with van der Waals surface area (Å²) in [5.41, 5.74) is 2.03. The van der Waals surface area contributed by atoms with Gasteiger partial charge in [-0.25, -0.2) is 4.98 Å². The molecule has 0 spiro atoms. The summed E-state index contributed by atoms with van der Waals surface area (Å²) in [5.74, 6) is 1.06. The number of aryl methyl sites for hydroxylation is 1. The molecule has 4 heteroatoms. The number of rotatable bonds is 15. The molecular formula is C24H37ClN2O. The molecule has 28 heavy (non-hydrogen) atoms. The van der Waals surface area contributed by atoms with E-state index < -0.39 is 0 Å². The topological polar surface area (TPSA) is 48.9 Å². The van der Waals surface area contributed by atoms with Gasteiger partial charge >= 0.3 is 0 Å². The average Bonchev–Trinajstić information content (AvgIpc) is 3.08. The minimum Gasteiger partial charge on any atom is -0.393 e. The van der Waals surface area contributed by atoms with Crippen LogP contribution in [0, 0.1) is 0 Å². The lowest BCUT2D eigenvalue weighted by atomic mass is 10.1. The monoisotopic (exact) mass is 404 g/mol. The molecule has 2 N–H and O–H groups in total. The smallest absolute Gasteiger partial charge is 0.107 e. The molecule has 1 atom stereocenters. The van der Waals surface area contributed by atoms with Gasteiger partial charge in [0.1, 0.15) is 5.82 Å². The lowest BCUT2D eigenvalue weighted by Crippen LogP contribution is -2.04. The van der Waals surface area contributed by atoms with Gasteiger partial charge in [-0.05, 0) is 50.3 Å². The number of nitrogens with zero attached hydrogens (tertiary/aromatic N) is 1. The summed E-state index contributed by atoms with van der Waals surface area (Å²) in [6.07, 6.45) is 19.3. The van der Waals surface area contributed by atoms with Crippen LogP contribution < -0.4 is 0 Å². The number of benzene rings is 1. The summed E-state index contributed by atoms with van der Waals surface area (Å²) in [6, 6.07) is 5.79. The Bertz CT molecular complexity index is 695. The lowest BCUT2D eigenvalue weighted by Gasteiger charge is -2.07. The first-order valence-electron chi connectivity index (χ1n) is 11.2. The van der Waals surface area contributed by atoms with E-state index in [9.17, 15) is 5.11 Å². The second kappa shape index (κ2) is 13.8. The maximum Gasteiger partial charge on any atom is 0.107 e. The molecular weight excluding hydrogens is 368 g/mol. The van der Waals surface area contributed by atoms with Crippen LogP contribution in [0.1, 0.15) is 89.8 Å². The van der Waals surface area contributed by atoms with Crippen LogP contribution in [0.4, 0.5) is 0 Å². The Morgan fingerprint density at radius 1 is 1.04 bits per heavy atom. The van der Waals surface area contributed by atoms with Crippen molar-refractivity contribution < 1.29 is 5.11 Å². The van der Waals surface area contributed by atoms with E-state index in [1.54, 1.807) is 0 Å². The van der Waals surface area contributed by atoms with Crippen LogP contribution in [0.25, 0.3) is 11.0 Å². The van der Waals surface area contributed by atoms with Gasteiger partial charge in [-0.1, -0.05) is 75.6 Å². The van der Waals surface area contributed by atoms with Crippen molar-refractivity contribution in [2.45, 2.75) is 96.5 Å². The zero-order valence-corrected chi connectivity index (χ0v) is 18.2. The SMILES string of the molecule is CCCCCC[C@@H](O)C/C=C\CCCCCCCc1nc2ccc(Cl)cc2[nH]1. The fourth-order valence-electron chi connectivity index (χ4n) is 3.53. The molecule has 2 aromatic rings. The molecule has 0 unspecified atom stereocenters. The number of imidazole rings is 1. The summed E-state index contributed by atoms with van der Waals surface area (Å²) in [5, 5.41) is 10.7. The molecule has 0 saturated heterocycles. The standard InChI is InChI=1S/C24H37ClN2O/c1-2-3-4-11-14-21(28)15-12-9-7-5-6-8-10-13-16-24-26-22-18-17-20(25)19-23(22)27-24/h9,12,17-19,21,28H,2-8,10-11,13-16H2,1H3,(H,26,27)/b12-9-/t21-/m1/s1. The van der Waals surface area contributed by atoms with E-state index in [1.807, 2.05) is 18.2 Å². The molecule has 0 amide bonds. The highest BCUT2D eigenvalue weighted by atomic mass is 35.5. The van der Waals surface area contributed by atoms with Crippen molar-refractivity contribution in [1.29, 1.82) is 0 Å². The fraction of sp³-hybridized carbons (Fsp3) is 0.625. The van der Waals surface area contributed by atoms with Crippen molar-refractivity contribution in [3.05, 3.63) is 41.2 Å². The second-order valence-corrected chi connectivity index (χ2v) is 8.30. The van der Waals surface area contributed by atoms with Gasteiger partial charge in [-0.3, -0.25) is 0 Å². The maximum atomic E-state index is 9.94. The van der Waals surface area contributed by atoms with Crippen LogP contribution in [0.2, 0.25) is 5.02 Å². The molecule has 3 nitrogen and oxygen atoms in total. The summed E-state index contributed by atoms with van der Waals surface area (Å²) in [4.78, 5) is 7.98. The minimum absolute atomic E-state index is 0.151. The van der Waals surface area contributed by atoms with Crippen molar-refractivity contribution in [3.8, 4) is 0 Å². The van der Waals surface area contributed by atoms with E-state index in [0.717, 1.165) is 54.0 Å². The number of aliphatic hydroxyl groups excluding tert-OH is 1. The van der Waals surface area contributed by atoms with Gasteiger partial charge in [-0.2, -0.15) is 0 Å². The predicted molar refractivity (Wildman–Crippen MR) is 121 cm³/mol. The summed E-state index contributed by atoms with van der Waals surface area (Å²) in [7, 11) is 0. The van der Waals surface area contributed by atoms with Gasteiger partial charge < -0.3 is 10.1 Å². The molecule has 156 valence electrons. The fourth-order valence-corrected chi connectivity index (χ4v) is 3.71. The quantitative estimate of drug-likeness (QED) is 0.240. The Morgan fingerprint density at radius 3 is 2.68 bits per heavy atom. The van der Waals surface area contributed by atoms with Gasteiger partial charge in [0.2, 0.25) is 0 Å². The highest BCUT2D eigenvalue weighted by Gasteiger charge is 2.03. The molecule has 2 rings (SSSR count). The third-order valence-electron chi connectivity index (χ3n) is 5.24. The average molecular weight is 405 g/mol. The van der Waals surface area contributed by atoms with Crippen LogP contribution in [-0.2, 0) is 6.42 Å². The van der Waals surface area contributed by atoms with Gasteiger partial charge in [0, 0.05) is 11.4 Å². The molecule has 1 aromatic carbocycles. The summed E-state index contributed by atoms with van der Waals surface area (Å²) in [6.45, 7) is 2.22. The first-order chi connectivity index (χ1) is 13.7. The number of aromatic amines is 1. The molecule has 0 saturated carbocycles. The molecule has 1 heterocycles. The van der Waals surface area contributed by atoms with Crippen molar-refractivity contribution >= 4 is 22.6 Å². The van der Waals surface area contributed by atoms with Crippen molar-refractivity contribution in [3.63, 3.8) is 0 Å². The largest absolute Gasteiger partial charge is 0.393 e. The van der Waals surface area contributed by atoms with Crippen molar-refractivity contribution in [2.75, 3.05) is 0 Å². The Kier molecular flexibility index (Phi) is 11.3. The van der Waals surface area contributed by atoms with Gasteiger partial charge in [0.05, 0.1) is 17.1 Å². The molecule has 0 aliphatic carbocycles. The van der Waals surface area contributed by atoms with Crippen LogP contribution in [0.5, 0.6) is 0 Å². The highest BCUT2D eigenvalue weighted by Crippen LogP contribution is 2.18. The Hall–Kier alpha value is -1.32. The summed E-state index contributed by atoms with van der Waals surface area (Å²) < 4.78 is 0. The van der Waals surface area contributed by atoms with E-state index in [-0.39, 0.29) is 6.10 Å². The Morgan fingerprint density at radius 2 is 1.82 bits per heavy atom. The van der Waals surface area contributed by atoms with Gasteiger partial charge in [0.25, 0.3) is 0 Å². The van der Waals surface area contributed by atoms with Crippen LogP contribution in [0.3, 0.4) is 0 Å². The summed E-state index contributed by atoms with van der Waals surface area (Å²) >= 11 is 6.02. The molecule has 0 fully saturated rings. The number of aromatic nitrogens is 2. The number of unbranched alkanes of at least 4 members (excludes halogenated alkanes) is 8. The molecule has 0 radical (unpaired) electrons. The van der Waals surface area contributed by atoms with Gasteiger partial charge in [0.15, 0.2) is 0 Å². The molecule has 0 aliphatic rings. The number of H-pyrrole nitrogens is 1. The van der Waals surface area contributed by atoms with Crippen molar-refractivity contribution in [2.24, 2.45) is 0 Å². The number of allylic oxidation sites excluding steroid dienone is 1. The molecule has 0 bridgehead atoms. The van der Waals surface area contributed by atoms with E-state index >= 15 is 0 Å². The third-order valence-corrected chi connectivity index (χ3v) is 5.48. The number of halogens is 1. The highest BCUT2D eigenvalue weighted by molar-refractivity contribution is 6.31. The van der Waals surface area contributed by atoms with E-state index in [0.29, 0.717) is 0 Å². The number of hydrogen-bond acceptors (Lipinski definition) is 2. The Labute approximate surface area is 175 Å². The third kappa shape index (κ3) is 9.25. The van der Waals surface area contributed by atoms with Crippen LogP contribution >= 0.6 is 11.6 Å². The number of aliphatic hydroxyl groups is 1. The molecule has 1 aromatic heterocycles. The first-order valence-corrected chi connectivity index (χ1v) is 11.5. The van der Waals surface area contributed by atoms with E-state index in [1.165, 1.54) is 51.4 Å². The Balaban J connectivity index is 1.45. The van der Waals surface area contributed by atoms with Crippen molar-refractivity contribution in [1.82, 2.24) is 9.97 Å². The maximum absolute atomic E-state index is 9.94.